The molecule has 0 aliphatic heterocycles. The predicted octanol–water partition coefficient (Wildman–Crippen LogP) is 13.1. The molecule has 12 heteroatoms. The van der Waals surface area contributed by atoms with E-state index in [0.717, 1.165) is 38.9 Å². The van der Waals surface area contributed by atoms with Gasteiger partial charge in [-0.1, -0.05) is 89.0 Å². The van der Waals surface area contributed by atoms with Crippen molar-refractivity contribution in [2.45, 2.75) is 108 Å². The lowest BCUT2D eigenvalue weighted by Crippen LogP contribution is -2.30. The van der Waals surface area contributed by atoms with Crippen molar-refractivity contribution in [2.75, 3.05) is 21.3 Å². The molecule has 0 spiro atoms. The quantitative estimate of drug-likeness (QED) is 0.0797. The molecule has 358 valence electrons. The number of ether oxygens (including phenoxy) is 3. The van der Waals surface area contributed by atoms with Gasteiger partial charge in [0.25, 0.3) is 0 Å². The van der Waals surface area contributed by atoms with Gasteiger partial charge in [0.15, 0.2) is 11.6 Å². The SMILES string of the molecule is COC(=O)C(C)(C)Cc1c(C(=O)CC(C)(C)C)c2cc(O)ccc2n1Cc1ccc(Cl)cc1.COC(=O)C(C)(C)Cc1c(C(=O)CC(C)(C)C)c2cc(OC)ccc2n1Cc1ccc(Cl)cc1. The first-order chi connectivity index (χ1) is 31.2. The number of hydrogen-bond acceptors (Lipinski definition) is 8. The highest BCUT2D eigenvalue weighted by Crippen LogP contribution is 2.39. The number of nitrogens with zero attached hydrogens (tertiary/aromatic N) is 2. The van der Waals surface area contributed by atoms with Crippen molar-refractivity contribution in [2.24, 2.45) is 21.7 Å². The number of hydrogen-bond donors (Lipinski definition) is 1. The molecule has 6 rings (SSSR count). The number of esters is 2. The summed E-state index contributed by atoms with van der Waals surface area (Å²) in [5.41, 5.74) is 4.53. The van der Waals surface area contributed by atoms with Crippen LogP contribution in [0, 0.1) is 21.7 Å². The van der Waals surface area contributed by atoms with E-state index in [9.17, 15) is 24.3 Å². The summed E-state index contributed by atoms with van der Waals surface area (Å²) in [6, 6.07) is 26.1. The molecule has 0 atom stereocenters. The minimum Gasteiger partial charge on any atom is -0.508 e. The largest absolute Gasteiger partial charge is 0.508 e. The molecule has 0 bridgehead atoms. The van der Waals surface area contributed by atoms with Crippen LogP contribution >= 0.6 is 23.2 Å². The van der Waals surface area contributed by atoms with Crippen LogP contribution in [0.4, 0.5) is 0 Å². The predicted molar refractivity (Wildman–Crippen MR) is 269 cm³/mol. The van der Waals surface area contributed by atoms with Crippen molar-refractivity contribution in [3.05, 3.63) is 129 Å². The van der Waals surface area contributed by atoms with Gasteiger partial charge in [-0.3, -0.25) is 19.2 Å². The summed E-state index contributed by atoms with van der Waals surface area (Å²) in [5, 5.41) is 13.1. The van der Waals surface area contributed by atoms with E-state index >= 15 is 0 Å². The van der Waals surface area contributed by atoms with Crippen molar-refractivity contribution in [1.82, 2.24) is 9.13 Å². The van der Waals surface area contributed by atoms with E-state index in [4.69, 9.17) is 37.4 Å². The van der Waals surface area contributed by atoms with Gasteiger partial charge in [-0.15, -0.1) is 0 Å². The maximum atomic E-state index is 13.7. The number of phenolic OH excluding ortho intramolecular Hbond substituents is 1. The van der Waals surface area contributed by atoms with Gasteiger partial charge in [0.1, 0.15) is 11.5 Å². The summed E-state index contributed by atoms with van der Waals surface area (Å²) in [5.74, 6) is 0.153. The molecule has 6 aromatic rings. The summed E-state index contributed by atoms with van der Waals surface area (Å²) < 4.78 is 19.8. The molecule has 0 amide bonds. The van der Waals surface area contributed by atoms with Crippen LogP contribution in [0.1, 0.15) is 125 Å². The Kier molecular flexibility index (Phi) is 16.2. The van der Waals surface area contributed by atoms with Crippen molar-refractivity contribution >= 4 is 68.5 Å². The summed E-state index contributed by atoms with van der Waals surface area (Å²) in [6.07, 6.45) is 1.40. The monoisotopic (exact) mass is 952 g/mol. The van der Waals surface area contributed by atoms with Crippen LogP contribution < -0.4 is 4.74 Å². The lowest BCUT2D eigenvalue weighted by atomic mass is 9.83. The van der Waals surface area contributed by atoms with E-state index < -0.39 is 10.8 Å². The minimum absolute atomic E-state index is 0.0105. The van der Waals surface area contributed by atoms with Crippen molar-refractivity contribution < 1.29 is 38.5 Å². The van der Waals surface area contributed by atoms with Gasteiger partial charge in [-0.05, 0) is 110 Å². The Morgan fingerprint density at radius 1 is 0.537 bits per heavy atom. The van der Waals surface area contributed by atoms with Crippen LogP contribution in [0.25, 0.3) is 21.8 Å². The first kappa shape index (κ1) is 52.4. The molecule has 0 saturated heterocycles. The fraction of sp³-hybridized carbons (Fsp3) is 0.418. The fourth-order valence-corrected chi connectivity index (χ4v) is 8.73. The molecule has 1 N–H and O–H groups in total. The molecular weight excluding hydrogens is 888 g/mol. The number of benzene rings is 4. The number of aromatic nitrogens is 2. The summed E-state index contributed by atoms with van der Waals surface area (Å²) in [4.78, 5) is 52.5. The number of carbonyl (C=O) groups excluding carboxylic acids is 4. The van der Waals surface area contributed by atoms with Crippen LogP contribution in [-0.2, 0) is 45.0 Å². The van der Waals surface area contributed by atoms with Crippen LogP contribution in [-0.4, -0.2) is 59.1 Å². The maximum Gasteiger partial charge on any atom is 0.311 e. The third-order valence-electron chi connectivity index (χ3n) is 11.7. The Balaban J connectivity index is 0.000000251. The van der Waals surface area contributed by atoms with Crippen molar-refractivity contribution in [3.63, 3.8) is 0 Å². The zero-order chi connectivity index (χ0) is 49.8. The number of methoxy groups -OCH3 is 3. The first-order valence-corrected chi connectivity index (χ1v) is 23.2. The van der Waals surface area contributed by atoms with E-state index in [2.05, 4.69) is 29.9 Å². The second-order valence-electron chi connectivity index (χ2n) is 21.1. The highest BCUT2D eigenvalue weighted by molar-refractivity contribution is 6.30. The minimum atomic E-state index is -0.848. The van der Waals surface area contributed by atoms with Gasteiger partial charge in [-0.25, -0.2) is 0 Å². The Bertz CT molecular complexity index is 2760. The number of aromatic hydroxyl groups is 1. The van der Waals surface area contributed by atoms with Crippen LogP contribution in [0.3, 0.4) is 0 Å². The highest BCUT2D eigenvalue weighted by Gasteiger charge is 2.36. The number of carbonyl (C=O) groups is 4. The molecule has 2 heterocycles. The number of fused-ring (bicyclic) bond motifs is 2. The summed E-state index contributed by atoms with van der Waals surface area (Å²) in [7, 11) is 4.38. The van der Waals surface area contributed by atoms with E-state index in [0.29, 0.717) is 71.1 Å². The zero-order valence-corrected chi connectivity index (χ0v) is 42.8. The van der Waals surface area contributed by atoms with Gasteiger partial charge < -0.3 is 28.5 Å². The molecule has 0 radical (unpaired) electrons. The van der Waals surface area contributed by atoms with Crippen LogP contribution in [0.5, 0.6) is 11.5 Å². The number of rotatable bonds is 15. The number of ketones is 2. The van der Waals surface area contributed by atoms with E-state index in [1.165, 1.54) is 14.2 Å². The third kappa shape index (κ3) is 12.9. The van der Waals surface area contributed by atoms with E-state index in [1.54, 1.807) is 19.2 Å². The molecule has 0 unspecified atom stereocenters. The van der Waals surface area contributed by atoms with Crippen molar-refractivity contribution in [3.8, 4) is 11.5 Å². The molecule has 67 heavy (non-hydrogen) atoms. The molecular formula is C55H66Cl2N2O8. The Hall–Kier alpha value is -5.58. The Labute approximate surface area is 405 Å². The molecule has 2 aromatic heterocycles. The Morgan fingerprint density at radius 3 is 1.27 bits per heavy atom. The average Bonchev–Trinajstić information content (AvgIpc) is 3.69. The lowest BCUT2D eigenvalue weighted by molar-refractivity contribution is -0.151. The van der Waals surface area contributed by atoms with E-state index in [1.807, 2.05) is 121 Å². The molecule has 0 aliphatic rings. The number of Topliss-reactive ketones (excluding diaryl/α,β-unsaturated/α-hetero) is 2. The second-order valence-corrected chi connectivity index (χ2v) is 22.0. The topological polar surface area (TPSA) is 126 Å². The van der Waals surface area contributed by atoms with Gasteiger partial charge in [0.05, 0.1) is 32.2 Å². The molecule has 0 saturated carbocycles. The highest BCUT2D eigenvalue weighted by atomic mass is 35.5. The lowest BCUT2D eigenvalue weighted by Gasteiger charge is -2.24. The second kappa shape index (κ2) is 20.7. The standard InChI is InChI=1S/C28H34ClNO4.C27H32ClNO4/c1-27(2,3)16-24(31)25-21-14-20(33-6)12-13-22(21)30(17-18-8-10-19(29)11-9-18)23(25)15-28(4,5)26(32)34-7;1-26(2,3)15-23(31)24-20-13-19(30)11-12-21(20)29(16-17-7-9-18(28)10-8-17)22(24)14-27(4,5)25(32)33-6/h8-14H,15-17H2,1-7H3;7-13,30H,14-16H2,1-6H3. The smallest absolute Gasteiger partial charge is 0.311 e. The molecule has 10 nitrogen and oxygen atoms in total. The van der Waals surface area contributed by atoms with Gasteiger partial charge >= 0.3 is 11.9 Å². The van der Waals surface area contributed by atoms with E-state index in [-0.39, 0.29) is 40.1 Å². The average molecular weight is 954 g/mol. The molecule has 0 aliphatic carbocycles. The van der Waals surface area contributed by atoms with Gasteiger partial charge in [0.2, 0.25) is 0 Å². The normalized spacial score (nSPS) is 12.2. The molecule has 4 aromatic carbocycles. The summed E-state index contributed by atoms with van der Waals surface area (Å²) >= 11 is 12.2. The maximum absolute atomic E-state index is 13.7. The van der Waals surface area contributed by atoms with Gasteiger partial charge in [-0.2, -0.15) is 0 Å². The zero-order valence-electron chi connectivity index (χ0n) is 41.3. The number of phenols is 1. The van der Waals surface area contributed by atoms with Crippen LogP contribution in [0.15, 0.2) is 84.9 Å². The Morgan fingerprint density at radius 2 is 0.910 bits per heavy atom. The molecule has 0 fully saturated rings. The third-order valence-corrected chi connectivity index (χ3v) is 12.2. The number of halogens is 2. The van der Waals surface area contributed by atoms with Gasteiger partial charge in [0, 0.05) is 93.1 Å². The fourth-order valence-electron chi connectivity index (χ4n) is 8.48. The van der Waals surface area contributed by atoms with Crippen LogP contribution in [0.2, 0.25) is 10.0 Å². The summed E-state index contributed by atoms with van der Waals surface area (Å²) in [6.45, 7) is 20.6. The first-order valence-electron chi connectivity index (χ1n) is 22.4. The van der Waals surface area contributed by atoms with Crippen molar-refractivity contribution in [1.29, 1.82) is 0 Å².